The average molecular weight is 399 g/mol. The summed E-state index contributed by atoms with van der Waals surface area (Å²) in [4.78, 5) is 19.7. The molecule has 1 amide bonds. The molecule has 2 N–H and O–H groups in total. The molecular formula is C19H28F3N5O. The molecule has 1 unspecified atom stereocenters. The lowest BCUT2D eigenvalue weighted by atomic mass is 10.1. The molecule has 6 nitrogen and oxygen atoms in total. The van der Waals surface area contributed by atoms with Crippen molar-refractivity contribution in [1.82, 2.24) is 20.4 Å². The molecule has 0 aliphatic carbocycles. The van der Waals surface area contributed by atoms with Gasteiger partial charge in [-0.05, 0) is 31.0 Å². The van der Waals surface area contributed by atoms with Gasteiger partial charge >= 0.3 is 6.18 Å². The first kappa shape index (κ1) is 22.0. The van der Waals surface area contributed by atoms with Crippen LogP contribution in [0.3, 0.4) is 0 Å². The smallest absolute Gasteiger partial charge is 0.357 e. The Hall–Kier alpha value is -2.29. The van der Waals surface area contributed by atoms with Crippen molar-refractivity contribution in [3.63, 3.8) is 0 Å². The molecule has 2 rings (SSSR count). The minimum atomic E-state index is -4.31. The molecule has 1 aromatic carbocycles. The number of alkyl halides is 3. The number of benzene rings is 1. The number of hydrogen-bond donors (Lipinski definition) is 2. The first-order valence-corrected chi connectivity index (χ1v) is 9.32. The summed E-state index contributed by atoms with van der Waals surface area (Å²) in [5, 5.41) is 6.47. The first-order chi connectivity index (χ1) is 13.2. The zero-order valence-electron chi connectivity index (χ0n) is 16.5. The van der Waals surface area contributed by atoms with E-state index in [4.69, 9.17) is 0 Å². The zero-order valence-corrected chi connectivity index (χ0v) is 16.5. The van der Waals surface area contributed by atoms with Gasteiger partial charge < -0.3 is 15.5 Å². The maximum atomic E-state index is 12.7. The summed E-state index contributed by atoms with van der Waals surface area (Å²) in [6, 6.07) is 5.48. The summed E-state index contributed by atoms with van der Waals surface area (Å²) < 4.78 is 38.0. The molecule has 1 aromatic rings. The van der Waals surface area contributed by atoms with Crippen LogP contribution >= 0.6 is 0 Å². The minimum absolute atomic E-state index is 0.0737. The van der Waals surface area contributed by atoms with Crippen LogP contribution in [-0.4, -0.2) is 68.0 Å². The van der Waals surface area contributed by atoms with Gasteiger partial charge in [0.15, 0.2) is 5.96 Å². The molecule has 0 radical (unpaired) electrons. The highest BCUT2D eigenvalue weighted by Gasteiger charge is 2.30. The molecule has 28 heavy (non-hydrogen) atoms. The second-order valence-corrected chi connectivity index (χ2v) is 7.04. The molecule has 1 atom stereocenters. The quantitative estimate of drug-likeness (QED) is 0.567. The lowest BCUT2D eigenvalue weighted by Gasteiger charge is -2.19. The zero-order chi connectivity index (χ0) is 20.7. The van der Waals surface area contributed by atoms with E-state index in [0.29, 0.717) is 19.0 Å². The van der Waals surface area contributed by atoms with Crippen molar-refractivity contribution in [3.8, 4) is 0 Å². The van der Waals surface area contributed by atoms with Gasteiger partial charge in [-0.25, -0.2) is 4.99 Å². The SMILES string of the molecule is CCNC(=NCC(=O)N(C)C)NC1CCN(Cc2ccc(C(F)(F)F)cc2)C1. The van der Waals surface area contributed by atoms with E-state index in [2.05, 4.69) is 20.5 Å². The molecule has 1 heterocycles. The summed E-state index contributed by atoms with van der Waals surface area (Å²) in [5.74, 6) is 0.520. The third kappa shape index (κ3) is 6.70. The fourth-order valence-electron chi connectivity index (χ4n) is 2.95. The normalized spacial score (nSPS) is 18.2. The maximum absolute atomic E-state index is 12.7. The van der Waals surface area contributed by atoms with Crippen LogP contribution in [0.4, 0.5) is 13.2 Å². The molecule has 1 aliphatic heterocycles. The summed E-state index contributed by atoms with van der Waals surface area (Å²) in [6.45, 7) is 4.91. The van der Waals surface area contributed by atoms with Crippen LogP contribution in [0.25, 0.3) is 0 Å². The van der Waals surface area contributed by atoms with Crippen molar-refractivity contribution in [2.75, 3.05) is 40.3 Å². The third-order valence-corrected chi connectivity index (χ3v) is 4.52. The van der Waals surface area contributed by atoms with Gasteiger partial charge in [-0.15, -0.1) is 0 Å². The largest absolute Gasteiger partial charge is 0.416 e. The molecule has 156 valence electrons. The van der Waals surface area contributed by atoms with Gasteiger partial charge in [-0.3, -0.25) is 9.69 Å². The fourth-order valence-corrected chi connectivity index (χ4v) is 2.95. The molecule has 9 heteroatoms. The highest BCUT2D eigenvalue weighted by molar-refractivity contribution is 5.84. The number of rotatable bonds is 6. The van der Waals surface area contributed by atoms with E-state index >= 15 is 0 Å². The Balaban J connectivity index is 1.88. The number of nitrogens with one attached hydrogen (secondary N) is 2. The number of hydrogen-bond acceptors (Lipinski definition) is 3. The Morgan fingerprint density at radius 2 is 1.96 bits per heavy atom. The number of carbonyl (C=O) groups is 1. The number of aliphatic imine (C=N–C) groups is 1. The van der Waals surface area contributed by atoms with Gasteiger partial charge in [-0.2, -0.15) is 13.2 Å². The van der Waals surface area contributed by atoms with E-state index in [1.54, 1.807) is 14.1 Å². The Labute approximate surface area is 163 Å². The number of likely N-dealkylation sites (N-methyl/N-ethyl adjacent to an activating group) is 1. The summed E-state index contributed by atoms with van der Waals surface area (Å²) >= 11 is 0. The van der Waals surface area contributed by atoms with Crippen molar-refractivity contribution < 1.29 is 18.0 Å². The molecule has 0 aromatic heterocycles. The maximum Gasteiger partial charge on any atom is 0.416 e. The lowest BCUT2D eigenvalue weighted by Crippen LogP contribution is -2.45. The average Bonchev–Trinajstić information content (AvgIpc) is 3.06. The van der Waals surface area contributed by atoms with Gasteiger partial charge in [0.25, 0.3) is 0 Å². The van der Waals surface area contributed by atoms with Gasteiger partial charge in [0.05, 0.1) is 5.56 Å². The van der Waals surface area contributed by atoms with Gasteiger partial charge in [0, 0.05) is 46.3 Å². The summed E-state index contributed by atoms with van der Waals surface area (Å²) in [7, 11) is 3.38. The molecule has 0 spiro atoms. The molecule has 1 fully saturated rings. The lowest BCUT2D eigenvalue weighted by molar-refractivity contribution is -0.137. The summed E-state index contributed by atoms with van der Waals surface area (Å²) in [5.41, 5.74) is 0.224. The van der Waals surface area contributed by atoms with Crippen LogP contribution in [0, 0.1) is 0 Å². The van der Waals surface area contributed by atoms with Crippen LogP contribution in [0.15, 0.2) is 29.3 Å². The predicted octanol–water partition coefficient (Wildman–Crippen LogP) is 1.92. The Bertz CT molecular complexity index is 673. The van der Waals surface area contributed by atoms with Crippen LogP contribution in [0.2, 0.25) is 0 Å². The van der Waals surface area contributed by atoms with Gasteiger partial charge in [0.2, 0.25) is 5.91 Å². The van der Waals surface area contributed by atoms with Crippen molar-refractivity contribution >= 4 is 11.9 Å². The van der Waals surface area contributed by atoms with Crippen molar-refractivity contribution in [2.24, 2.45) is 4.99 Å². The van der Waals surface area contributed by atoms with Crippen LogP contribution < -0.4 is 10.6 Å². The molecule has 0 bridgehead atoms. The van der Waals surface area contributed by atoms with Gasteiger partial charge in [0.1, 0.15) is 6.54 Å². The van der Waals surface area contributed by atoms with E-state index < -0.39 is 11.7 Å². The van der Waals surface area contributed by atoms with Crippen LogP contribution in [0.5, 0.6) is 0 Å². The number of nitrogens with zero attached hydrogens (tertiary/aromatic N) is 3. The van der Waals surface area contributed by atoms with E-state index in [1.807, 2.05) is 6.92 Å². The van der Waals surface area contributed by atoms with Gasteiger partial charge in [-0.1, -0.05) is 12.1 Å². The predicted molar refractivity (Wildman–Crippen MR) is 103 cm³/mol. The highest BCUT2D eigenvalue weighted by Crippen LogP contribution is 2.29. The number of likely N-dealkylation sites (tertiary alicyclic amines) is 1. The van der Waals surface area contributed by atoms with Crippen molar-refractivity contribution in [1.29, 1.82) is 0 Å². The number of guanidine groups is 1. The van der Waals surface area contributed by atoms with Crippen molar-refractivity contribution in [3.05, 3.63) is 35.4 Å². The molecule has 0 saturated carbocycles. The first-order valence-electron chi connectivity index (χ1n) is 9.32. The van der Waals surface area contributed by atoms with Crippen molar-refractivity contribution in [2.45, 2.75) is 32.1 Å². The Kier molecular flexibility index (Phi) is 7.68. The van der Waals surface area contributed by atoms with Crippen LogP contribution in [-0.2, 0) is 17.5 Å². The minimum Gasteiger partial charge on any atom is -0.357 e. The molecule has 1 aliphatic rings. The summed E-state index contributed by atoms with van der Waals surface area (Å²) in [6.07, 6.45) is -3.41. The Morgan fingerprint density at radius 1 is 1.29 bits per heavy atom. The standard InChI is InChI=1S/C19H28F3N5O/c1-4-23-18(24-11-17(28)26(2)3)25-16-9-10-27(13-16)12-14-5-7-15(8-6-14)19(20,21)22/h5-8,16H,4,9-13H2,1-3H3,(H2,23,24,25). The highest BCUT2D eigenvalue weighted by atomic mass is 19.4. The molecular weight excluding hydrogens is 371 g/mol. The molecule has 1 saturated heterocycles. The van der Waals surface area contributed by atoms with E-state index in [1.165, 1.54) is 17.0 Å². The number of carbonyl (C=O) groups excluding carboxylic acids is 1. The fraction of sp³-hybridized carbons (Fsp3) is 0.579. The second kappa shape index (κ2) is 9.77. The number of halogens is 3. The number of amides is 1. The van der Waals surface area contributed by atoms with E-state index in [9.17, 15) is 18.0 Å². The monoisotopic (exact) mass is 399 g/mol. The van der Waals surface area contributed by atoms with Crippen LogP contribution in [0.1, 0.15) is 24.5 Å². The second-order valence-electron chi connectivity index (χ2n) is 7.04. The topological polar surface area (TPSA) is 60.0 Å². The Morgan fingerprint density at radius 3 is 2.54 bits per heavy atom. The third-order valence-electron chi connectivity index (χ3n) is 4.52. The van der Waals surface area contributed by atoms with E-state index in [-0.39, 0.29) is 18.5 Å². The van der Waals surface area contributed by atoms with E-state index in [0.717, 1.165) is 37.2 Å².